The monoisotopic (exact) mass is 294 g/mol. The molecule has 0 radical (unpaired) electrons. The molecule has 0 aromatic heterocycles. The Hall–Kier alpha value is -2.12. The van der Waals surface area contributed by atoms with Crippen molar-refractivity contribution < 1.29 is 26.7 Å². The Bertz CT molecular complexity index is 481. The second-order valence-corrected chi connectivity index (χ2v) is 3.87. The van der Waals surface area contributed by atoms with Crippen LogP contribution >= 0.6 is 0 Å². The number of benzene rings is 1. The van der Waals surface area contributed by atoms with Crippen molar-refractivity contribution in [1.29, 1.82) is 0 Å². The van der Waals surface area contributed by atoms with E-state index in [0.29, 0.717) is 11.0 Å². The topological polar surface area (TPSA) is 32.3 Å². The molecule has 110 valence electrons. The van der Waals surface area contributed by atoms with Gasteiger partial charge in [0.05, 0.1) is 0 Å². The van der Waals surface area contributed by atoms with E-state index in [1.165, 1.54) is 0 Å². The predicted molar refractivity (Wildman–Crippen MR) is 63.2 cm³/mol. The van der Waals surface area contributed by atoms with Crippen molar-refractivity contribution in [3.8, 4) is 0 Å². The number of carbonyl (C=O) groups is 1. The summed E-state index contributed by atoms with van der Waals surface area (Å²) >= 11 is 0. The third-order valence-corrected chi connectivity index (χ3v) is 2.12. The summed E-state index contributed by atoms with van der Waals surface area (Å²) in [6, 6.07) is 1.03. The lowest BCUT2D eigenvalue weighted by Crippen LogP contribution is -2.41. The van der Waals surface area contributed by atoms with Crippen molar-refractivity contribution in [3.05, 3.63) is 42.5 Å². The maximum Gasteiger partial charge on any atom is 0.406 e. The average molecular weight is 294 g/mol. The van der Waals surface area contributed by atoms with Crippen molar-refractivity contribution in [2.45, 2.75) is 6.18 Å². The number of alkyl halides is 3. The van der Waals surface area contributed by atoms with Crippen molar-refractivity contribution in [3.63, 3.8) is 0 Å². The van der Waals surface area contributed by atoms with Crippen molar-refractivity contribution in [2.24, 2.45) is 0 Å². The van der Waals surface area contributed by atoms with Crippen LogP contribution in [-0.4, -0.2) is 30.2 Å². The lowest BCUT2D eigenvalue weighted by atomic mass is 10.3. The Morgan fingerprint density at radius 2 is 1.80 bits per heavy atom. The Morgan fingerprint density at radius 3 is 2.25 bits per heavy atom. The number of amides is 2. The van der Waals surface area contributed by atoms with Gasteiger partial charge >= 0.3 is 12.2 Å². The summed E-state index contributed by atoms with van der Waals surface area (Å²) < 4.78 is 62.6. The molecule has 0 spiro atoms. The largest absolute Gasteiger partial charge is 0.406 e. The molecule has 0 saturated heterocycles. The quantitative estimate of drug-likeness (QED) is 0.668. The number of rotatable bonds is 4. The molecule has 0 unspecified atom stereocenters. The molecule has 0 aliphatic heterocycles. The molecule has 1 aromatic carbocycles. The molecule has 0 aliphatic rings. The lowest BCUT2D eigenvalue weighted by molar-refractivity contribution is -0.138. The van der Waals surface area contributed by atoms with Gasteiger partial charge in [0.15, 0.2) is 0 Å². The van der Waals surface area contributed by atoms with E-state index >= 15 is 0 Å². The smallest absolute Gasteiger partial charge is 0.312 e. The first-order valence-corrected chi connectivity index (χ1v) is 5.41. The highest BCUT2D eigenvalue weighted by molar-refractivity contribution is 5.89. The molecule has 1 N–H and O–H groups in total. The Kier molecular flexibility index (Phi) is 5.06. The second-order valence-electron chi connectivity index (χ2n) is 3.87. The van der Waals surface area contributed by atoms with E-state index in [1.54, 1.807) is 0 Å². The van der Waals surface area contributed by atoms with Crippen molar-refractivity contribution in [2.75, 3.05) is 18.4 Å². The molecule has 0 bridgehead atoms. The molecule has 1 aromatic rings. The Morgan fingerprint density at radius 1 is 1.25 bits per heavy atom. The molecule has 3 nitrogen and oxygen atoms in total. The molecule has 0 fully saturated rings. The average Bonchev–Trinajstić information content (AvgIpc) is 2.25. The van der Waals surface area contributed by atoms with E-state index in [4.69, 9.17) is 0 Å². The van der Waals surface area contributed by atoms with Crippen LogP contribution in [0.5, 0.6) is 0 Å². The standard InChI is InChI=1S/C12H11F5N2O/c1-2-3-19(7-12(15,16)17)11(20)18-10-5-8(13)4-9(14)6-10/h2,4-6H,1,3,7H2,(H,18,20). The van der Waals surface area contributed by atoms with Crippen LogP contribution in [0.3, 0.4) is 0 Å². The third-order valence-electron chi connectivity index (χ3n) is 2.12. The van der Waals surface area contributed by atoms with Gasteiger partial charge in [-0.2, -0.15) is 13.2 Å². The van der Waals surface area contributed by atoms with Crippen LogP contribution < -0.4 is 5.32 Å². The van der Waals surface area contributed by atoms with Crippen molar-refractivity contribution >= 4 is 11.7 Å². The highest BCUT2D eigenvalue weighted by Crippen LogP contribution is 2.18. The molecule has 0 aliphatic carbocycles. The minimum absolute atomic E-state index is 0.274. The summed E-state index contributed by atoms with van der Waals surface area (Å²) in [4.78, 5) is 12.0. The summed E-state index contributed by atoms with van der Waals surface area (Å²) in [6.07, 6.45) is -3.48. The minimum Gasteiger partial charge on any atom is -0.312 e. The van der Waals surface area contributed by atoms with E-state index in [0.717, 1.165) is 18.2 Å². The lowest BCUT2D eigenvalue weighted by Gasteiger charge is -2.22. The minimum atomic E-state index is -4.59. The van der Waals surface area contributed by atoms with Gasteiger partial charge in [-0.15, -0.1) is 6.58 Å². The van der Waals surface area contributed by atoms with Crippen LogP contribution in [0.1, 0.15) is 0 Å². The van der Waals surface area contributed by atoms with E-state index in [2.05, 4.69) is 6.58 Å². The number of halogens is 5. The van der Waals surface area contributed by atoms with E-state index in [-0.39, 0.29) is 12.2 Å². The van der Waals surface area contributed by atoms with Crippen LogP contribution in [-0.2, 0) is 0 Å². The van der Waals surface area contributed by atoms with Gasteiger partial charge in [-0.1, -0.05) is 6.08 Å². The Balaban J connectivity index is 2.82. The zero-order valence-electron chi connectivity index (χ0n) is 10.2. The summed E-state index contributed by atoms with van der Waals surface area (Å²) in [5, 5.41) is 1.99. The maximum atomic E-state index is 12.9. The first-order valence-electron chi connectivity index (χ1n) is 5.41. The van der Waals surface area contributed by atoms with Gasteiger partial charge in [0, 0.05) is 18.3 Å². The molecular weight excluding hydrogens is 283 g/mol. The highest BCUT2D eigenvalue weighted by atomic mass is 19.4. The molecule has 2 amide bonds. The number of anilines is 1. The second kappa shape index (κ2) is 6.36. The van der Waals surface area contributed by atoms with Crippen LogP contribution in [0.15, 0.2) is 30.9 Å². The fourth-order valence-corrected chi connectivity index (χ4v) is 1.42. The van der Waals surface area contributed by atoms with E-state index in [1.807, 2.05) is 5.32 Å². The van der Waals surface area contributed by atoms with Gasteiger partial charge in [-0.05, 0) is 12.1 Å². The summed E-state index contributed by atoms with van der Waals surface area (Å²) in [5.74, 6) is -1.90. The van der Waals surface area contributed by atoms with Crippen LogP contribution in [0.25, 0.3) is 0 Å². The third kappa shape index (κ3) is 5.25. The number of urea groups is 1. The molecule has 0 heterocycles. The van der Waals surface area contributed by atoms with Gasteiger partial charge in [-0.3, -0.25) is 0 Å². The fourth-order valence-electron chi connectivity index (χ4n) is 1.42. The zero-order chi connectivity index (χ0) is 15.3. The first kappa shape index (κ1) is 15.9. The van der Waals surface area contributed by atoms with E-state index < -0.39 is 30.4 Å². The number of nitrogens with one attached hydrogen (secondary N) is 1. The van der Waals surface area contributed by atoms with Crippen LogP contribution in [0.4, 0.5) is 32.4 Å². The number of hydrogen-bond acceptors (Lipinski definition) is 1. The van der Waals surface area contributed by atoms with Gasteiger partial charge in [0.25, 0.3) is 0 Å². The fraction of sp³-hybridized carbons (Fsp3) is 0.250. The van der Waals surface area contributed by atoms with Crippen molar-refractivity contribution in [1.82, 2.24) is 4.90 Å². The molecule has 0 atom stereocenters. The van der Waals surface area contributed by atoms with Crippen LogP contribution in [0.2, 0.25) is 0 Å². The van der Waals surface area contributed by atoms with Crippen LogP contribution in [0, 0.1) is 11.6 Å². The molecule has 20 heavy (non-hydrogen) atoms. The number of hydrogen-bond donors (Lipinski definition) is 1. The first-order chi connectivity index (χ1) is 9.21. The summed E-state index contributed by atoms with van der Waals surface area (Å²) in [6.45, 7) is 1.38. The molecular formula is C12H11F5N2O. The Labute approximate surface area is 111 Å². The SMILES string of the molecule is C=CCN(CC(F)(F)F)C(=O)Nc1cc(F)cc(F)c1. The number of carbonyl (C=O) groups excluding carboxylic acids is 1. The number of nitrogens with zero attached hydrogens (tertiary/aromatic N) is 1. The summed E-state index contributed by atoms with van der Waals surface area (Å²) in [7, 11) is 0. The summed E-state index contributed by atoms with van der Waals surface area (Å²) in [5.41, 5.74) is -0.274. The molecule has 1 rings (SSSR count). The van der Waals surface area contributed by atoms with E-state index in [9.17, 15) is 26.7 Å². The zero-order valence-corrected chi connectivity index (χ0v) is 10.2. The molecule has 0 saturated carbocycles. The molecule has 8 heteroatoms. The van der Waals surface area contributed by atoms with Gasteiger partial charge < -0.3 is 10.2 Å². The normalized spacial score (nSPS) is 11.1. The van der Waals surface area contributed by atoms with Gasteiger partial charge in [0.1, 0.15) is 18.2 Å². The predicted octanol–water partition coefficient (Wildman–Crippen LogP) is 3.55. The maximum absolute atomic E-state index is 12.9. The highest BCUT2D eigenvalue weighted by Gasteiger charge is 2.32. The van der Waals surface area contributed by atoms with Gasteiger partial charge in [0.2, 0.25) is 0 Å². The van der Waals surface area contributed by atoms with Gasteiger partial charge in [-0.25, -0.2) is 13.6 Å².